The highest BCUT2D eigenvalue weighted by Gasteiger charge is 2.29. The average Bonchev–Trinajstić information content (AvgIpc) is 2.95. The SMILES string of the molecule is CC(C)[C@H](NS(=O)(=O)c1ccc2c(c1)oc(=O)n2C)C(=O)Nc1ccc(Br)cc1. The number of carbonyl (C=O) groups excluding carboxylic acids is 1. The van der Waals surface area contributed by atoms with Crippen molar-refractivity contribution >= 4 is 48.6 Å². The van der Waals surface area contributed by atoms with E-state index >= 15 is 0 Å². The smallest absolute Gasteiger partial charge is 0.408 e. The number of nitrogens with zero attached hydrogens (tertiary/aromatic N) is 1. The largest absolute Gasteiger partial charge is 0.419 e. The quantitative estimate of drug-likeness (QED) is 0.562. The van der Waals surface area contributed by atoms with Crippen molar-refractivity contribution in [2.24, 2.45) is 13.0 Å². The van der Waals surface area contributed by atoms with Gasteiger partial charge in [-0.25, -0.2) is 13.2 Å². The van der Waals surface area contributed by atoms with Gasteiger partial charge in [0.15, 0.2) is 5.58 Å². The van der Waals surface area contributed by atoms with E-state index in [1.54, 1.807) is 38.1 Å². The maximum Gasteiger partial charge on any atom is 0.419 e. The maximum absolute atomic E-state index is 12.9. The molecular weight excluding hydrogens is 462 g/mol. The molecule has 2 N–H and O–H groups in total. The summed E-state index contributed by atoms with van der Waals surface area (Å²) >= 11 is 3.32. The van der Waals surface area contributed by atoms with Crippen molar-refractivity contribution in [1.29, 1.82) is 0 Å². The molecule has 3 aromatic rings. The lowest BCUT2D eigenvalue weighted by molar-refractivity contribution is -0.118. The Morgan fingerprint density at radius 3 is 2.41 bits per heavy atom. The number of halogens is 1. The second-order valence-electron chi connectivity index (χ2n) is 6.90. The highest BCUT2D eigenvalue weighted by molar-refractivity contribution is 9.10. The van der Waals surface area contributed by atoms with E-state index in [1.807, 2.05) is 0 Å². The van der Waals surface area contributed by atoms with Gasteiger partial charge in [-0.3, -0.25) is 9.36 Å². The fourth-order valence-corrected chi connectivity index (χ4v) is 4.39. The molecule has 0 bridgehead atoms. The zero-order chi connectivity index (χ0) is 21.3. The topological polar surface area (TPSA) is 110 Å². The lowest BCUT2D eigenvalue weighted by Crippen LogP contribution is -2.47. The van der Waals surface area contributed by atoms with Crippen LogP contribution in [0.3, 0.4) is 0 Å². The number of sulfonamides is 1. The van der Waals surface area contributed by atoms with Crippen molar-refractivity contribution in [3.05, 3.63) is 57.5 Å². The number of aryl methyl sites for hydroxylation is 1. The van der Waals surface area contributed by atoms with Crippen molar-refractivity contribution < 1.29 is 17.6 Å². The zero-order valence-corrected chi connectivity index (χ0v) is 18.4. The number of benzene rings is 2. The second kappa shape index (κ2) is 8.13. The molecule has 0 aliphatic rings. The summed E-state index contributed by atoms with van der Waals surface area (Å²) in [7, 11) is -2.50. The minimum Gasteiger partial charge on any atom is -0.408 e. The van der Waals surface area contributed by atoms with Crippen LogP contribution in [0.2, 0.25) is 0 Å². The Morgan fingerprint density at radius 1 is 1.14 bits per heavy atom. The van der Waals surface area contributed by atoms with Crippen LogP contribution >= 0.6 is 15.9 Å². The van der Waals surface area contributed by atoms with E-state index < -0.39 is 27.7 Å². The molecule has 1 atom stereocenters. The van der Waals surface area contributed by atoms with Crippen LogP contribution in [-0.4, -0.2) is 24.9 Å². The van der Waals surface area contributed by atoms with Gasteiger partial charge in [0.2, 0.25) is 15.9 Å². The highest BCUT2D eigenvalue weighted by atomic mass is 79.9. The van der Waals surface area contributed by atoms with Crippen LogP contribution in [0.4, 0.5) is 5.69 Å². The standard InChI is InChI=1S/C19H20BrN3O5S/c1-11(2)17(18(24)21-13-6-4-12(20)5-7-13)22-29(26,27)14-8-9-15-16(10-14)28-19(25)23(15)3/h4-11,17,22H,1-3H3,(H,21,24)/t17-/m0/s1. The van der Waals surface area contributed by atoms with Crippen LogP contribution in [0.1, 0.15) is 13.8 Å². The molecule has 2 aromatic carbocycles. The van der Waals surface area contributed by atoms with Crippen molar-refractivity contribution in [3.63, 3.8) is 0 Å². The molecule has 0 aliphatic carbocycles. The van der Waals surface area contributed by atoms with Gasteiger partial charge in [-0.2, -0.15) is 4.72 Å². The Morgan fingerprint density at radius 2 is 1.79 bits per heavy atom. The van der Waals surface area contributed by atoms with Gasteiger partial charge in [0.1, 0.15) is 6.04 Å². The van der Waals surface area contributed by atoms with Gasteiger partial charge in [-0.05, 0) is 42.3 Å². The fourth-order valence-electron chi connectivity index (χ4n) is 2.76. The first-order chi connectivity index (χ1) is 13.6. The van der Waals surface area contributed by atoms with E-state index in [1.165, 1.54) is 29.8 Å². The second-order valence-corrected chi connectivity index (χ2v) is 9.53. The Balaban J connectivity index is 1.86. The predicted molar refractivity (Wildman–Crippen MR) is 113 cm³/mol. The number of hydrogen-bond donors (Lipinski definition) is 2. The monoisotopic (exact) mass is 481 g/mol. The van der Waals surface area contributed by atoms with Gasteiger partial charge in [-0.15, -0.1) is 0 Å². The van der Waals surface area contributed by atoms with Gasteiger partial charge < -0.3 is 9.73 Å². The number of anilines is 1. The first-order valence-corrected chi connectivity index (χ1v) is 11.0. The van der Waals surface area contributed by atoms with Crippen molar-refractivity contribution in [1.82, 2.24) is 9.29 Å². The molecule has 0 radical (unpaired) electrons. The van der Waals surface area contributed by atoms with Crippen LogP contribution in [0.25, 0.3) is 11.1 Å². The van der Waals surface area contributed by atoms with Crippen LogP contribution in [0.15, 0.2) is 61.0 Å². The third kappa shape index (κ3) is 4.60. The maximum atomic E-state index is 12.9. The average molecular weight is 482 g/mol. The number of hydrogen-bond acceptors (Lipinski definition) is 5. The van der Waals surface area contributed by atoms with E-state index in [0.717, 1.165) is 4.47 Å². The number of rotatable bonds is 6. The molecule has 0 spiro atoms. The van der Waals surface area contributed by atoms with E-state index in [-0.39, 0.29) is 16.4 Å². The Bertz CT molecular complexity index is 1210. The molecule has 29 heavy (non-hydrogen) atoms. The Kier molecular flexibility index (Phi) is 5.97. The molecule has 0 saturated carbocycles. The van der Waals surface area contributed by atoms with Gasteiger partial charge in [-0.1, -0.05) is 29.8 Å². The first kappa shape index (κ1) is 21.3. The summed E-state index contributed by atoms with van der Waals surface area (Å²) in [4.78, 5) is 24.2. The van der Waals surface area contributed by atoms with Gasteiger partial charge in [0.05, 0.1) is 10.4 Å². The minimum absolute atomic E-state index is 0.0959. The molecule has 1 aromatic heterocycles. The molecule has 0 unspecified atom stereocenters. The van der Waals surface area contributed by atoms with E-state index in [4.69, 9.17) is 4.42 Å². The summed E-state index contributed by atoms with van der Waals surface area (Å²) in [5.74, 6) is -1.37. The first-order valence-electron chi connectivity index (χ1n) is 8.77. The molecule has 0 fully saturated rings. The molecule has 0 aliphatic heterocycles. The van der Waals surface area contributed by atoms with Crippen molar-refractivity contribution in [3.8, 4) is 0 Å². The van der Waals surface area contributed by atoms with E-state index in [9.17, 15) is 18.0 Å². The third-order valence-electron chi connectivity index (χ3n) is 4.42. The Labute approximate surface area is 176 Å². The van der Waals surface area contributed by atoms with E-state index in [0.29, 0.717) is 11.2 Å². The molecule has 3 rings (SSSR count). The molecule has 0 saturated heterocycles. The van der Waals surface area contributed by atoms with Gasteiger partial charge in [0, 0.05) is 23.3 Å². The van der Waals surface area contributed by atoms with Gasteiger partial charge in [0.25, 0.3) is 0 Å². The van der Waals surface area contributed by atoms with Crippen molar-refractivity contribution in [2.45, 2.75) is 24.8 Å². The summed E-state index contributed by atoms with van der Waals surface area (Å²) in [6, 6.07) is 10.1. The van der Waals surface area contributed by atoms with Crippen LogP contribution in [0, 0.1) is 5.92 Å². The summed E-state index contributed by atoms with van der Waals surface area (Å²) in [6.07, 6.45) is 0. The number of fused-ring (bicyclic) bond motifs is 1. The number of amides is 1. The zero-order valence-electron chi connectivity index (χ0n) is 16.0. The van der Waals surface area contributed by atoms with Crippen molar-refractivity contribution in [2.75, 3.05) is 5.32 Å². The number of oxazole rings is 1. The molecular formula is C19H20BrN3O5S. The molecule has 1 heterocycles. The van der Waals surface area contributed by atoms with Gasteiger partial charge >= 0.3 is 5.76 Å². The van der Waals surface area contributed by atoms with Crippen LogP contribution in [-0.2, 0) is 21.9 Å². The fraction of sp³-hybridized carbons (Fsp3) is 0.263. The summed E-state index contributed by atoms with van der Waals surface area (Å²) in [5, 5.41) is 2.72. The normalized spacial score (nSPS) is 13.0. The number of carbonyl (C=O) groups is 1. The molecule has 8 nitrogen and oxygen atoms in total. The number of nitrogens with one attached hydrogen (secondary N) is 2. The van der Waals surface area contributed by atoms with E-state index in [2.05, 4.69) is 26.0 Å². The highest BCUT2D eigenvalue weighted by Crippen LogP contribution is 2.20. The lowest BCUT2D eigenvalue weighted by atomic mass is 10.0. The molecule has 1 amide bonds. The summed E-state index contributed by atoms with van der Waals surface area (Å²) < 4.78 is 35.4. The van der Waals surface area contributed by atoms with Crippen LogP contribution in [0.5, 0.6) is 0 Å². The lowest BCUT2D eigenvalue weighted by Gasteiger charge is -2.21. The molecule has 10 heteroatoms. The number of aromatic nitrogens is 1. The van der Waals surface area contributed by atoms with Crippen LogP contribution < -0.4 is 15.8 Å². The summed E-state index contributed by atoms with van der Waals surface area (Å²) in [5.41, 5.74) is 1.18. The third-order valence-corrected chi connectivity index (χ3v) is 6.38. The predicted octanol–water partition coefficient (Wildman–Crippen LogP) is 2.84. The minimum atomic E-state index is -4.03. The Hall–Kier alpha value is -2.43. The summed E-state index contributed by atoms with van der Waals surface area (Å²) in [6.45, 7) is 3.49. The molecule has 154 valence electrons.